The van der Waals surface area contributed by atoms with Crippen molar-refractivity contribution < 1.29 is 4.79 Å². The van der Waals surface area contributed by atoms with Gasteiger partial charge in [-0.25, -0.2) is 9.97 Å². The maximum absolute atomic E-state index is 11.6. The second kappa shape index (κ2) is 8.47. The summed E-state index contributed by atoms with van der Waals surface area (Å²) in [6.45, 7) is 4.18. The van der Waals surface area contributed by atoms with E-state index < -0.39 is 0 Å². The lowest BCUT2D eigenvalue weighted by Crippen LogP contribution is -2.08. The Kier molecular flexibility index (Phi) is 5.35. The van der Waals surface area contributed by atoms with E-state index in [0.717, 1.165) is 39.6 Å². The topological polar surface area (TPSA) is 47.8 Å². The fraction of sp³-hybridized carbons (Fsp3) is 0.138. The molecule has 2 aromatic heterocycles. The molecule has 1 atom stereocenters. The molecule has 3 aromatic carbocycles. The van der Waals surface area contributed by atoms with Gasteiger partial charge in [0, 0.05) is 24.3 Å². The average Bonchev–Trinajstić information content (AvgIpc) is 3.25. The van der Waals surface area contributed by atoms with Crippen molar-refractivity contribution >= 4 is 17.2 Å². The molecule has 4 heteroatoms. The lowest BCUT2D eigenvalue weighted by Gasteiger charge is -2.20. The number of aldehydes is 1. The van der Waals surface area contributed by atoms with Gasteiger partial charge in [-0.3, -0.25) is 4.79 Å². The van der Waals surface area contributed by atoms with E-state index in [0.29, 0.717) is 5.69 Å². The quantitative estimate of drug-likeness (QED) is 0.309. The summed E-state index contributed by atoms with van der Waals surface area (Å²) in [5, 5.41) is 1.03. The number of fused-ring (bicyclic) bond motifs is 1. The number of nitrogens with zero attached hydrogens (tertiary/aromatic N) is 3. The van der Waals surface area contributed by atoms with E-state index in [1.54, 1.807) is 0 Å². The van der Waals surface area contributed by atoms with Gasteiger partial charge in [-0.15, -0.1) is 0 Å². The molecule has 0 aliphatic heterocycles. The van der Waals surface area contributed by atoms with Gasteiger partial charge in [0.1, 0.15) is 5.69 Å². The molecule has 0 spiro atoms. The molecule has 5 aromatic rings. The molecule has 33 heavy (non-hydrogen) atoms. The molecule has 0 aliphatic carbocycles. The summed E-state index contributed by atoms with van der Waals surface area (Å²) in [4.78, 5) is 20.6. The molecule has 0 bridgehead atoms. The van der Waals surface area contributed by atoms with Crippen molar-refractivity contribution in [2.75, 3.05) is 0 Å². The van der Waals surface area contributed by atoms with E-state index in [-0.39, 0.29) is 5.92 Å². The summed E-state index contributed by atoms with van der Waals surface area (Å²) < 4.78 is 2.07. The van der Waals surface area contributed by atoms with Gasteiger partial charge in [-0.2, -0.15) is 0 Å². The Morgan fingerprint density at radius 3 is 2.36 bits per heavy atom. The maximum Gasteiger partial charge on any atom is 0.168 e. The fourth-order valence-electron chi connectivity index (χ4n) is 4.49. The van der Waals surface area contributed by atoms with Gasteiger partial charge in [-0.05, 0) is 54.3 Å². The van der Waals surface area contributed by atoms with Crippen LogP contribution >= 0.6 is 0 Å². The molecular weight excluding hydrogens is 406 g/mol. The number of pyridine rings is 1. The highest BCUT2D eigenvalue weighted by atomic mass is 16.1. The minimum Gasteiger partial charge on any atom is -0.337 e. The molecule has 0 amide bonds. The number of carbonyl (C=O) groups excluding carboxylic acids is 1. The maximum atomic E-state index is 11.6. The summed E-state index contributed by atoms with van der Waals surface area (Å²) >= 11 is 0. The van der Waals surface area contributed by atoms with E-state index in [1.165, 1.54) is 16.7 Å². The van der Waals surface area contributed by atoms with Crippen molar-refractivity contribution in [1.29, 1.82) is 0 Å². The lowest BCUT2D eigenvalue weighted by atomic mass is 9.86. The van der Waals surface area contributed by atoms with E-state index >= 15 is 0 Å². The summed E-state index contributed by atoms with van der Waals surface area (Å²) in [7, 11) is 2.03. The molecule has 0 N–H and O–H groups in total. The van der Waals surface area contributed by atoms with Crippen molar-refractivity contribution in [3.8, 4) is 11.1 Å². The number of aromatic nitrogens is 3. The van der Waals surface area contributed by atoms with Crippen LogP contribution < -0.4 is 0 Å². The molecule has 2 heterocycles. The standard InChI is InChI=1S/C29H25N3O/c1-19-7-9-21(10-8-19)29(28-16-30-18-32(28)3)23-11-12-27-26(14-23)25(15-24(17-33)31-27)22-6-4-5-20(2)13-22/h4-18,29H,1-3H3. The summed E-state index contributed by atoms with van der Waals surface area (Å²) in [6, 6.07) is 25.3. The number of aryl methyl sites for hydroxylation is 3. The van der Waals surface area contributed by atoms with Crippen LogP contribution in [0.3, 0.4) is 0 Å². The Labute approximate surface area is 193 Å². The van der Waals surface area contributed by atoms with Gasteiger partial charge in [0.25, 0.3) is 0 Å². The molecule has 0 fully saturated rings. The molecular formula is C29H25N3O. The second-order valence-electron chi connectivity index (χ2n) is 8.63. The zero-order chi connectivity index (χ0) is 22.9. The third-order valence-electron chi connectivity index (χ3n) is 6.20. The van der Waals surface area contributed by atoms with Crippen LogP contribution in [0.25, 0.3) is 22.0 Å². The third kappa shape index (κ3) is 3.96. The van der Waals surface area contributed by atoms with Crippen LogP contribution in [-0.2, 0) is 7.05 Å². The predicted molar refractivity (Wildman–Crippen MR) is 133 cm³/mol. The van der Waals surface area contributed by atoms with Crippen LogP contribution in [0, 0.1) is 13.8 Å². The van der Waals surface area contributed by atoms with Crippen molar-refractivity contribution in [2.45, 2.75) is 19.8 Å². The number of hydrogen-bond acceptors (Lipinski definition) is 3. The number of benzene rings is 3. The number of carbonyl (C=O) groups is 1. The first-order chi connectivity index (χ1) is 16.0. The van der Waals surface area contributed by atoms with Crippen LogP contribution in [0.15, 0.2) is 85.3 Å². The van der Waals surface area contributed by atoms with E-state index in [1.807, 2.05) is 37.8 Å². The van der Waals surface area contributed by atoms with Crippen LogP contribution in [0.1, 0.15) is 44.4 Å². The first-order valence-corrected chi connectivity index (χ1v) is 11.0. The Morgan fingerprint density at radius 1 is 0.879 bits per heavy atom. The predicted octanol–water partition coefficient (Wildman–Crippen LogP) is 6.24. The second-order valence-corrected chi connectivity index (χ2v) is 8.63. The summed E-state index contributed by atoms with van der Waals surface area (Å²) in [5.41, 5.74) is 9.23. The van der Waals surface area contributed by atoms with Gasteiger partial charge >= 0.3 is 0 Å². The van der Waals surface area contributed by atoms with Crippen LogP contribution in [0.2, 0.25) is 0 Å². The minimum atomic E-state index is 0.0265. The fourth-order valence-corrected chi connectivity index (χ4v) is 4.49. The molecule has 0 aliphatic rings. The molecule has 5 rings (SSSR count). The van der Waals surface area contributed by atoms with E-state index in [2.05, 4.69) is 83.0 Å². The first-order valence-electron chi connectivity index (χ1n) is 11.0. The minimum absolute atomic E-state index is 0.0265. The molecule has 0 saturated heterocycles. The van der Waals surface area contributed by atoms with Crippen LogP contribution in [0.5, 0.6) is 0 Å². The zero-order valence-electron chi connectivity index (χ0n) is 19.0. The Morgan fingerprint density at radius 2 is 1.67 bits per heavy atom. The lowest BCUT2D eigenvalue weighted by molar-refractivity contribution is 0.111. The molecule has 162 valence electrons. The van der Waals surface area contributed by atoms with Crippen LogP contribution in [0.4, 0.5) is 0 Å². The highest BCUT2D eigenvalue weighted by Crippen LogP contribution is 2.36. The van der Waals surface area contributed by atoms with Crippen molar-refractivity contribution in [3.05, 3.63) is 119 Å². The van der Waals surface area contributed by atoms with E-state index in [9.17, 15) is 4.79 Å². The van der Waals surface area contributed by atoms with Gasteiger partial charge in [0.05, 0.1) is 17.8 Å². The number of imidazole rings is 1. The summed E-state index contributed by atoms with van der Waals surface area (Å²) in [5.74, 6) is 0.0265. The Balaban J connectivity index is 1.76. The van der Waals surface area contributed by atoms with Gasteiger partial charge in [0.2, 0.25) is 0 Å². The SMILES string of the molecule is Cc1ccc(C(c2ccc3nc(C=O)cc(-c4cccc(C)c4)c3c2)c2cncn2C)cc1. The number of rotatable bonds is 5. The molecule has 4 nitrogen and oxygen atoms in total. The Hall–Kier alpha value is -4.05. The van der Waals surface area contributed by atoms with E-state index in [4.69, 9.17) is 0 Å². The normalized spacial score (nSPS) is 12.1. The summed E-state index contributed by atoms with van der Waals surface area (Å²) in [6.07, 6.45) is 4.59. The van der Waals surface area contributed by atoms with Crippen LogP contribution in [-0.4, -0.2) is 20.8 Å². The molecule has 1 unspecified atom stereocenters. The smallest absolute Gasteiger partial charge is 0.168 e. The zero-order valence-corrected chi connectivity index (χ0v) is 19.0. The molecule has 0 radical (unpaired) electrons. The van der Waals surface area contributed by atoms with Gasteiger partial charge in [-0.1, -0.05) is 65.7 Å². The van der Waals surface area contributed by atoms with Crippen molar-refractivity contribution in [2.24, 2.45) is 7.05 Å². The van der Waals surface area contributed by atoms with Crippen molar-refractivity contribution in [3.63, 3.8) is 0 Å². The highest BCUT2D eigenvalue weighted by molar-refractivity contribution is 5.97. The Bertz CT molecular complexity index is 1460. The number of hydrogen-bond donors (Lipinski definition) is 0. The third-order valence-corrected chi connectivity index (χ3v) is 6.20. The molecule has 0 saturated carbocycles. The van der Waals surface area contributed by atoms with Crippen molar-refractivity contribution in [1.82, 2.24) is 14.5 Å². The first kappa shape index (κ1) is 20.8. The largest absolute Gasteiger partial charge is 0.337 e. The van der Waals surface area contributed by atoms with Gasteiger partial charge < -0.3 is 4.57 Å². The average molecular weight is 432 g/mol. The highest BCUT2D eigenvalue weighted by Gasteiger charge is 2.21. The monoisotopic (exact) mass is 431 g/mol. The van der Waals surface area contributed by atoms with Gasteiger partial charge in [0.15, 0.2) is 6.29 Å².